The number of hydrogen-bond acceptors (Lipinski definition) is 7. The Kier molecular flexibility index (Phi) is 15.2. The molecule has 0 radical (unpaired) electrons. The topological polar surface area (TPSA) is 132 Å². The summed E-state index contributed by atoms with van der Waals surface area (Å²) in [7, 11) is 2.54. The number of alkyl halides is 3. The molecule has 0 aromatic heterocycles. The Morgan fingerprint density at radius 3 is 2.28 bits per heavy atom. The van der Waals surface area contributed by atoms with Gasteiger partial charge >= 0.3 is 6.18 Å². The Morgan fingerprint density at radius 2 is 1.67 bits per heavy atom. The summed E-state index contributed by atoms with van der Waals surface area (Å²) in [5, 5.41) is 15.9. The van der Waals surface area contributed by atoms with Crippen LogP contribution in [0.5, 0.6) is 5.75 Å². The first-order valence-corrected chi connectivity index (χ1v) is 15.2. The van der Waals surface area contributed by atoms with Crippen molar-refractivity contribution < 1.29 is 42.1 Å². The van der Waals surface area contributed by atoms with Crippen molar-refractivity contribution in [2.24, 2.45) is 23.5 Å². The highest BCUT2D eigenvalue weighted by molar-refractivity contribution is 5.96. The molecule has 0 unspecified atom stereocenters. The third kappa shape index (κ3) is 10.3. The summed E-state index contributed by atoms with van der Waals surface area (Å²) < 4.78 is 58.5. The van der Waals surface area contributed by atoms with Gasteiger partial charge in [0.2, 0.25) is 5.60 Å². The largest absolute Gasteiger partial charge is 0.493 e. The van der Waals surface area contributed by atoms with Crippen LogP contribution in [0.4, 0.5) is 13.2 Å². The Balaban J connectivity index is 1.96. The van der Waals surface area contributed by atoms with E-state index >= 15 is 0 Å². The normalized spacial score (nSPS) is 18.0. The molecule has 9 nitrogen and oxygen atoms in total. The molecular formula is C31H50F3N3O6. The lowest BCUT2D eigenvalue weighted by Crippen LogP contribution is -2.64. The van der Waals surface area contributed by atoms with Crippen LogP contribution in [0.3, 0.4) is 0 Å². The number of hydrogen-bond donors (Lipinski definition) is 4. The minimum Gasteiger partial charge on any atom is -0.493 e. The van der Waals surface area contributed by atoms with E-state index in [9.17, 15) is 27.9 Å². The second-order valence-electron chi connectivity index (χ2n) is 11.7. The van der Waals surface area contributed by atoms with E-state index in [1.807, 2.05) is 13.8 Å². The van der Waals surface area contributed by atoms with E-state index in [0.29, 0.717) is 37.4 Å². The number of nitrogens with two attached hydrogens (primary N) is 1. The van der Waals surface area contributed by atoms with Crippen LogP contribution in [0.15, 0.2) is 24.3 Å². The number of benzene rings is 1. The van der Waals surface area contributed by atoms with Gasteiger partial charge in [-0.2, -0.15) is 13.2 Å². The number of aliphatic hydroxyl groups is 1. The highest BCUT2D eigenvalue weighted by Crippen LogP contribution is 2.45. The fourth-order valence-electron chi connectivity index (χ4n) is 5.64. The van der Waals surface area contributed by atoms with Crippen LogP contribution in [-0.4, -0.2) is 81.4 Å². The van der Waals surface area contributed by atoms with Crippen LogP contribution in [0, 0.1) is 17.8 Å². The quantitative estimate of drug-likeness (QED) is 0.182. The number of carbonyl (C=O) groups is 2. The molecule has 1 saturated carbocycles. The van der Waals surface area contributed by atoms with Crippen molar-refractivity contribution in [2.75, 3.05) is 40.5 Å². The predicted molar refractivity (Wildman–Crippen MR) is 158 cm³/mol. The highest BCUT2D eigenvalue weighted by atomic mass is 19.4. The summed E-state index contributed by atoms with van der Waals surface area (Å²) in [4.78, 5) is 26.0. The van der Waals surface area contributed by atoms with Crippen LogP contribution in [0.1, 0.15) is 75.6 Å². The smallest absolute Gasteiger partial charge is 0.426 e. The summed E-state index contributed by atoms with van der Waals surface area (Å²) >= 11 is 0. The van der Waals surface area contributed by atoms with Crippen molar-refractivity contribution in [3.05, 3.63) is 29.8 Å². The van der Waals surface area contributed by atoms with Crippen LogP contribution >= 0.6 is 0 Å². The molecule has 43 heavy (non-hydrogen) atoms. The number of halogens is 3. The van der Waals surface area contributed by atoms with Crippen molar-refractivity contribution in [3.63, 3.8) is 0 Å². The minimum absolute atomic E-state index is 0.0677. The van der Waals surface area contributed by atoms with Crippen LogP contribution in [0.2, 0.25) is 0 Å². The molecule has 1 aliphatic carbocycles. The number of rotatable bonds is 18. The van der Waals surface area contributed by atoms with Crippen molar-refractivity contribution in [1.82, 2.24) is 10.6 Å². The number of unbranched alkanes of at least 4 members (excludes halogenated alkanes) is 1. The van der Waals surface area contributed by atoms with E-state index in [0.717, 1.165) is 26.4 Å². The third-order valence-corrected chi connectivity index (χ3v) is 8.40. The molecule has 2 rings (SSSR count). The summed E-state index contributed by atoms with van der Waals surface area (Å²) in [5.74, 6) is -2.24. The second kappa shape index (κ2) is 17.8. The van der Waals surface area contributed by atoms with Gasteiger partial charge in [-0.15, -0.1) is 0 Å². The molecule has 2 amide bonds. The maximum absolute atomic E-state index is 14.2. The summed E-state index contributed by atoms with van der Waals surface area (Å²) in [6.07, 6.45) is -1.88. The van der Waals surface area contributed by atoms with Crippen molar-refractivity contribution in [2.45, 2.75) is 89.1 Å². The van der Waals surface area contributed by atoms with Gasteiger partial charge in [0.15, 0.2) is 0 Å². The fourth-order valence-corrected chi connectivity index (χ4v) is 5.64. The molecule has 1 aliphatic rings. The zero-order valence-corrected chi connectivity index (χ0v) is 25.9. The second-order valence-corrected chi connectivity index (χ2v) is 11.7. The number of methoxy groups -OCH3 is 2. The lowest BCUT2D eigenvalue weighted by Gasteiger charge is -2.41. The van der Waals surface area contributed by atoms with E-state index < -0.39 is 42.3 Å². The van der Waals surface area contributed by atoms with Crippen molar-refractivity contribution in [1.29, 1.82) is 0 Å². The lowest BCUT2D eigenvalue weighted by atomic mass is 9.75. The SMILES string of the molecule is COCCCCOc1ccccc1C(=O)NC[C@@H](C[C@H](N)[C@@H](O)CNC(=O)[C@](OC)(C1CCCCC1)C(F)(F)F)C(C)C. The molecule has 4 atom stereocenters. The first-order chi connectivity index (χ1) is 20.4. The van der Waals surface area contributed by atoms with Gasteiger partial charge in [-0.1, -0.05) is 45.2 Å². The number of carbonyl (C=O) groups excluding carboxylic acids is 2. The molecule has 0 heterocycles. The van der Waals surface area contributed by atoms with Gasteiger partial charge in [0.1, 0.15) is 5.75 Å². The molecule has 12 heteroatoms. The molecule has 0 aliphatic heterocycles. The van der Waals surface area contributed by atoms with Gasteiger partial charge in [0, 0.05) is 45.9 Å². The monoisotopic (exact) mass is 617 g/mol. The summed E-state index contributed by atoms with van der Waals surface area (Å²) in [5.41, 5.74) is 3.66. The van der Waals surface area contributed by atoms with E-state index in [2.05, 4.69) is 10.6 Å². The number of aliphatic hydroxyl groups excluding tert-OH is 1. The van der Waals surface area contributed by atoms with Crippen molar-refractivity contribution >= 4 is 11.8 Å². The Bertz CT molecular complexity index is 990. The highest BCUT2D eigenvalue weighted by Gasteiger charge is 2.65. The van der Waals surface area contributed by atoms with Crippen LogP contribution in [0.25, 0.3) is 0 Å². The molecular weight excluding hydrogens is 567 g/mol. The van der Waals surface area contributed by atoms with E-state index in [1.54, 1.807) is 31.4 Å². The van der Waals surface area contributed by atoms with E-state index in [-0.39, 0.29) is 43.6 Å². The zero-order chi connectivity index (χ0) is 32.0. The molecule has 1 aromatic carbocycles. The van der Waals surface area contributed by atoms with Crippen LogP contribution < -0.4 is 21.1 Å². The maximum Gasteiger partial charge on any atom is 0.426 e. The van der Waals surface area contributed by atoms with Gasteiger partial charge in [-0.05, 0) is 56.1 Å². The van der Waals surface area contributed by atoms with Crippen molar-refractivity contribution in [3.8, 4) is 5.75 Å². The molecule has 0 bridgehead atoms. The van der Waals surface area contributed by atoms with Gasteiger partial charge in [-0.25, -0.2) is 0 Å². The third-order valence-electron chi connectivity index (χ3n) is 8.40. The standard InChI is InChI=1S/C31H50F3N3O6/c1-21(2)22(19-36-28(39)24-14-8-9-15-27(24)43-17-11-10-16-41-3)18-25(35)26(38)20-37-29(40)30(42-4,31(32,33)34)23-12-6-5-7-13-23/h8-9,14-15,21-23,25-26,38H,5-7,10-13,16-20,35H2,1-4H3,(H,36,39)(H,37,40)/t22-,25+,26+,30-/m1/s1. The van der Waals surface area contributed by atoms with Gasteiger partial charge < -0.3 is 35.7 Å². The Morgan fingerprint density at radius 1 is 1.02 bits per heavy atom. The first kappa shape index (κ1) is 36.8. The van der Waals surface area contributed by atoms with E-state index in [1.165, 1.54) is 0 Å². The lowest BCUT2D eigenvalue weighted by molar-refractivity contribution is -0.279. The number of nitrogens with one attached hydrogen (secondary N) is 2. The molecule has 0 spiro atoms. The Hall–Kier alpha value is -2.41. The van der Waals surface area contributed by atoms with Gasteiger partial charge in [-0.3, -0.25) is 9.59 Å². The molecule has 1 fully saturated rings. The maximum atomic E-state index is 14.2. The number of amides is 2. The number of para-hydroxylation sites is 1. The summed E-state index contributed by atoms with van der Waals surface area (Å²) in [6, 6.07) is 6.09. The fraction of sp³-hybridized carbons (Fsp3) is 0.742. The molecule has 5 N–H and O–H groups in total. The Labute approximate surface area is 253 Å². The van der Waals surface area contributed by atoms with Gasteiger partial charge in [0.05, 0.1) is 18.3 Å². The van der Waals surface area contributed by atoms with Crippen LogP contribution in [-0.2, 0) is 14.3 Å². The average Bonchev–Trinajstić information content (AvgIpc) is 2.98. The average molecular weight is 618 g/mol. The predicted octanol–water partition coefficient (Wildman–Crippen LogP) is 4.22. The minimum atomic E-state index is -4.92. The molecule has 1 aromatic rings. The molecule has 246 valence electrons. The zero-order valence-electron chi connectivity index (χ0n) is 25.9. The van der Waals surface area contributed by atoms with E-state index in [4.69, 9.17) is 19.9 Å². The molecule has 0 saturated heterocycles. The first-order valence-electron chi connectivity index (χ1n) is 15.2. The number of ether oxygens (including phenoxy) is 3. The van der Waals surface area contributed by atoms with Gasteiger partial charge in [0.25, 0.3) is 11.8 Å². The summed E-state index contributed by atoms with van der Waals surface area (Å²) in [6.45, 7) is 4.78.